The van der Waals surface area contributed by atoms with E-state index in [9.17, 15) is 19.8 Å². The molecule has 0 radical (unpaired) electrons. The highest BCUT2D eigenvalue weighted by atomic mass is 16.5. The van der Waals surface area contributed by atoms with Crippen LogP contribution in [0, 0.1) is 0 Å². The molecule has 0 fully saturated rings. The first-order valence-corrected chi connectivity index (χ1v) is 39.1. The van der Waals surface area contributed by atoms with Gasteiger partial charge in [0.1, 0.15) is 0 Å². The van der Waals surface area contributed by atoms with Crippen molar-refractivity contribution >= 4 is 11.9 Å². The smallest absolute Gasteiger partial charge is 0.305 e. The SMILES string of the molecule is CCCC/C=C\C/C=C\CCCCCCCC(=O)OCCCCCCCCCCCCCCCCCCCCCCCCCCCCCCCC(=O)NC(CO)C(O)CCCCCCCCCCCCCCCCCCCCCCCCCCC. The van der Waals surface area contributed by atoms with E-state index in [-0.39, 0.29) is 18.5 Å². The fourth-order valence-electron chi connectivity index (χ4n) is 12.5. The third-order valence-corrected chi connectivity index (χ3v) is 18.5. The van der Waals surface area contributed by atoms with E-state index in [1.807, 2.05) is 0 Å². The molecule has 1 amide bonds. The summed E-state index contributed by atoms with van der Waals surface area (Å²) in [4.78, 5) is 24.6. The topological polar surface area (TPSA) is 95.9 Å². The first-order chi connectivity index (χ1) is 42.0. The van der Waals surface area contributed by atoms with Crippen LogP contribution >= 0.6 is 0 Å². The third kappa shape index (κ3) is 71.3. The molecule has 0 aromatic carbocycles. The largest absolute Gasteiger partial charge is 0.466 e. The molecule has 0 heterocycles. The van der Waals surface area contributed by atoms with Crippen LogP contribution in [0.3, 0.4) is 0 Å². The predicted octanol–water partition coefficient (Wildman–Crippen LogP) is 25.7. The maximum absolute atomic E-state index is 12.6. The highest BCUT2D eigenvalue weighted by Gasteiger charge is 2.20. The summed E-state index contributed by atoms with van der Waals surface area (Å²) in [6.07, 6.45) is 95.5. The van der Waals surface area contributed by atoms with E-state index in [1.165, 1.54) is 360 Å². The number of amides is 1. The Labute approximate surface area is 532 Å². The molecule has 0 saturated heterocycles. The number of carbonyl (C=O) groups is 2. The maximum atomic E-state index is 12.6. The van der Waals surface area contributed by atoms with Gasteiger partial charge >= 0.3 is 5.97 Å². The fourth-order valence-corrected chi connectivity index (χ4v) is 12.5. The van der Waals surface area contributed by atoms with E-state index in [0.29, 0.717) is 25.9 Å². The lowest BCUT2D eigenvalue weighted by Gasteiger charge is -2.22. The van der Waals surface area contributed by atoms with Crippen molar-refractivity contribution in [2.45, 2.75) is 456 Å². The molecule has 85 heavy (non-hydrogen) atoms. The minimum absolute atomic E-state index is 0.00581. The van der Waals surface area contributed by atoms with Gasteiger partial charge in [0.2, 0.25) is 5.91 Å². The zero-order chi connectivity index (χ0) is 61.3. The molecule has 0 aromatic heterocycles. The minimum Gasteiger partial charge on any atom is -0.466 e. The average molecular weight is 1200 g/mol. The van der Waals surface area contributed by atoms with Gasteiger partial charge in [-0.3, -0.25) is 9.59 Å². The van der Waals surface area contributed by atoms with Crippen LogP contribution in [-0.4, -0.2) is 47.4 Å². The number of allylic oxidation sites excluding steroid dienone is 4. The standard InChI is InChI=1S/C79H153NO5/c1-3-5-7-9-11-13-15-17-19-20-21-22-23-29-32-35-38-41-44-47-51-55-59-63-67-71-77(82)76(75-81)80-78(83)72-68-64-60-56-52-48-45-42-39-36-33-30-27-25-24-26-28-31-34-37-40-43-46-50-54-58-62-66-70-74-85-79(84)73-69-65-61-57-53-49-18-16-14-12-10-8-6-4-2/h10,12,16,18,76-77,81-82H,3-9,11,13-15,17,19-75H2,1-2H3,(H,80,83)/b12-10-,18-16-. The first kappa shape index (κ1) is 83.3. The van der Waals surface area contributed by atoms with Gasteiger partial charge in [-0.1, -0.05) is 404 Å². The summed E-state index contributed by atoms with van der Waals surface area (Å²) in [6, 6.07) is -0.540. The number of aliphatic hydroxyl groups excluding tert-OH is 2. The van der Waals surface area contributed by atoms with Crippen LogP contribution in [0.25, 0.3) is 0 Å². The number of nitrogens with one attached hydrogen (secondary N) is 1. The van der Waals surface area contributed by atoms with Gasteiger partial charge in [-0.25, -0.2) is 0 Å². The normalized spacial score (nSPS) is 12.6. The van der Waals surface area contributed by atoms with E-state index >= 15 is 0 Å². The summed E-state index contributed by atoms with van der Waals surface area (Å²) in [6.45, 7) is 4.96. The monoisotopic (exact) mass is 1200 g/mol. The van der Waals surface area contributed by atoms with E-state index in [0.717, 1.165) is 51.4 Å². The number of hydrogen-bond donors (Lipinski definition) is 3. The molecule has 0 spiro atoms. The molecule has 0 rings (SSSR count). The highest BCUT2D eigenvalue weighted by molar-refractivity contribution is 5.76. The molecule has 0 saturated carbocycles. The molecule has 0 aliphatic carbocycles. The molecule has 504 valence electrons. The first-order valence-electron chi connectivity index (χ1n) is 39.1. The van der Waals surface area contributed by atoms with E-state index in [1.54, 1.807) is 0 Å². The lowest BCUT2D eigenvalue weighted by atomic mass is 10.0. The second kappa shape index (κ2) is 74.8. The van der Waals surface area contributed by atoms with Crippen molar-refractivity contribution in [3.8, 4) is 0 Å². The average Bonchev–Trinajstić information content (AvgIpc) is 3.51. The molecule has 6 heteroatoms. The zero-order valence-electron chi connectivity index (χ0n) is 57.9. The number of ether oxygens (including phenoxy) is 1. The van der Waals surface area contributed by atoms with Crippen LogP contribution in [0.5, 0.6) is 0 Å². The highest BCUT2D eigenvalue weighted by Crippen LogP contribution is 2.20. The lowest BCUT2D eigenvalue weighted by Crippen LogP contribution is -2.45. The van der Waals surface area contributed by atoms with E-state index in [2.05, 4.69) is 43.5 Å². The van der Waals surface area contributed by atoms with Crippen molar-refractivity contribution in [3.05, 3.63) is 24.3 Å². The minimum atomic E-state index is -0.663. The number of esters is 1. The van der Waals surface area contributed by atoms with Crippen molar-refractivity contribution in [2.24, 2.45) is 0 Å². The summed E-state index contributed by atoms with van der Waals surface area (Å²) in [5.41, 5.74) is 0. The van der Waals surface area contributed by atoms with Crippen molar-refractivity contribution in [3.63, 3.8) is 0 Å². The molecule has 0 aromatic rings. The molecule has 2 unspecified atom stereocenters. The Kier molecular flexibility index (Phi) is 73.3. The third-order valence-electron chi connectivity index (χ3n) is 18.5. The molecular weight excluding hydrogens is 1040 g/mol. The number of rotatable bonds is 74. The van der Waals surface area contributed by atoms with Gasteiger partial charge in [-0.2, -0.15) is 0 Å². The Morgan fingerprint density at radius 2 is 0.600 bits per heavy atom. The Balaban J connectivity index is 3.35. The summed E-state index contributed by atoms with van der Waals surface area (Å²) in [7, 11) is 0. The number of aliphatic hydroxyl groups is 2. The van der Waals surface area contributed by atoms with Gasteiger partial charge in [-0.05, 0) is 51.4 Å². The van der Waals surface area contributed by atoms with E-state index in [4.69, 9.17) is 4.74 Å². The molecule has 0 aliphatic rings. The Hall–Kier alpha value is -1.66. The van der Waals surface area contributed by atoms with Crippen LogP contribution < -0.4 is 5.32 Å². The molecule has 0 aliphatic heterocycles. The van der Waals surface area contributed by atoms with Crippen molar-refractivity contribution in [1.29, 1.82) is 0 Å². The Bertz CT molecular complexity index is 1330. The van der Waals surface area contributed by atoms with E-state index < -0.39 is 12.1 Å². The second-order valence-electron chi connectivity index (χ2n) is 27.0. The summed E-state index contributed by atoms with van der Waals surface area (Å²) in [5.74, 6) is -0.0199. The summed E-state index contributed by atoms with van der Waals surface area (Å²) in [5, 5.41) is 23.5. The number of hydrogen-bond acceptors (Lipinski definition) is 5. The van der Waals surface area contributed by atoms with Crippen LogP contribution in [0.1, 0.15) is 444 Å². The van der Waals surface area contributed by atoms with Crippen LogP contribution in [0.15, 0.2) is 24.3 Å². The molecule has 2 atom stereocenters. The molecule has 3 N–H and O–H groups in total. The van der Waals surface area contributed by atoms with Crippen LogP contribution in [0.4, 0.5) is 0 Å². The zero-order valence-corrected chi connectivity index (χ0v) is 57.9. The second-order valence-corrected chi connectivity index (χ2v) is 27.0. The quantitative estimate of drug-likeness (QED) is 0.0320. The fraction of sp³-hybridized carbons (Fsp3) is 0.924. The molecule has 0 bridgehead atoms. The van der Waals surface area contributed by atoms with Gasteiger partial charge in [-0.15, -0.1) is 0 Å². The van der Waals surface area contributed by atoms with Gasteiger partial charge in [0, 0.05) is 12.8 Å². The van der Waals surface area contributed by atoms with Crippen molar-refractivity contribution in [2.75, 3.05) is 13.2 Å². The van der Waals surface area contributed by atoms with Gasteiger partial charge in [0.15, 0.2) is 0 Å². The number of unbranched alkanes of at least 4 members (excludes halogenated alkanes) is 59. The Morgan fingerprint density at radius 1 is 0.329 bits per heavy atom. The maximum Gasteiger partial charge on any atom is 0.305 e. The van der Waals surface area contributed by atoms with Gasteiger partial charge in [0.25, 0.3) is 0 Å². The van der Waals surface area contributed by atoms with Crippen molar-refractivity contribution in [1.82, 2.24) is 5.32 Å². The van der Waals surface area contributed by atoms with Crippen LogP contribution in [-0.2, 0) is 14.3 Å². The summed E-state index contributed by atoms with van der Waals surface area (Å²) < 4.78 is 5.49. The summed E-state index contributed by atoms with van der Waals surface area (Å²) >= 11 is 0. The van der Waals surface area contributed by atoms with Crippen LogP contribution in [0.2, 0.25) is 0 Å². The predicted molar refractivity (Wildman–Crippen MR) is 375 cm³/mol. The number of carbonyl (C=O) groups excluding carboxylic acids is 2. The molecule has 6 nitrogen and oxygen atoms in total. The lowest BCUT2D eigenvalue weighted by molar-refractivity contribution is -0.143. The van der Waals surface area contributed by atoms with Gasteiger partial charge in [0.05, 0.1) is 25.4 Å². The molecular formula is C79H153NO5. The van der Waals surface area contributed by atoms with Crippen molar-refractivity contribution < 1.29 is 24.5 Å². The van der Waals surface area contributed by atoms with Gasteiger partial charge < -0.3 is 20.3 Å². The Morgan fingerprint density at radius 3 is 0.929 bits per heavy atom.